The Morgan fingerprint density at radius 2 is 1.66 bits per heavy atom. The van der Waals surface area contributed by atoms with E-state index >= 15 is 0 Å². The van der Waals surface area contributed by atoms with Gasteiger partial charge in [0.25, 0.3) is 10.1 Å². The quantitative estimate of drug-likeness (QED) is 0.110. The Morgan fingerprint density at radius 1 is 0.895 bits per heavy atom. The van der Waals surface area contributed by atoms with E-state index in [2.05, 4.69) is 15.2 Å². The molecule has 1 radical (unpaired) electrons. The van der Waals surface area contributed by atoms with E-state index in [9.17, 15) is 32.8 Å². The van der Waals surface area contributed by atoms with Crippen LogP contribution in [0.3, 0.4) is 0 Å². The summed E-state index contributed by atoms with van der Waals surface area (Å²) in [6, 6.07) is 14.0. The monoisotopic (exact) mass is 542 g/mol. The third kappa shape index (κ3) is 6.30. The average Bonchev–Trinajstić information content (AvgIpc) is 2.86. The SMILES string of the molecule is O=C(O)c1cccc(/C=C/c2ccc(N=Nc3cc(S(=O)(=O)O)c4cccnc4c3O)cc2C(=O)O)c1.[Na]. The number of hydrogen-bond donors (Lipinski definition) is 4. The first-order valence-corrected chi connectivity index (χ1v) is 11.9. The van der Waals surface area contributed by atoms with Gasteiger partial charge in [0.15, 0.2) is 5.75 Å². The summed E-state index contributed by atoms with van der Waals surface area (Å²) in [6.07, 6.45) is 4.39. The number of carboxylic acid groups (broad SMARTS) is 2. The van der Waals surface area contributed by atoms with Gasteiger partial charge >= 0.3 is 11.9 Å². The molecular weight excluding hydrogens is 525 g/mol. The van der Waals surface area contributed by atoms with Crippen molar-refractivity contribution in [1.29, 1.82) is 0 Å². The Balaban J connectivity index is 0.00000400. The van der Waals surface area contributed by atoms with Crippen molar-refractivity contribution in [3.05, 3.63) is 89.1 Å². The van der Waals surface area contributed by atoms with Crippen molar-refractivity contribution in [2.24, 2.45) is 10.2 Å². The summed E-state index contributed by atoms with van der Waals surface area (Å²) in [5.41, 5.74) is 0.457. The standard InChI is InChI=1S/C25H17N3O8S.Na/c29-23-20(13-21(37(34,35)36)18-5-2-10-26-22(18)23)28-27-17-9-8-15(19(12-17)25(32)33)7-6-14-3-1-4-16(11-14)24(30)31;/h1-13,29H,(H,30,31)(H,32,33)(H,34,35,36);/b7-6+,28-27?;. The van der Waals surface area contributed by atoms with E-state index in [1.54, 1.807) is 18.2 Å². The maximum absolute atomic E-state index is 11.8. The molecule has 4 rings (SSSR count). The molecule has 0 aliphatic heterocycles. The zero-order valence-electron chi connectivity index (χ0n) is 19.7. The Morgan fingerprint density at radius 3 is 2.34 bits per heavy atom. The summed E-state index contributed by atoms with van der Waals surface area (Å²) in [7, 11) is -4.68. The molecule has 0 fully saturated rings. The number of benzene rings is 3. The number of phenols is 1. The van der Waals surface area contributed by atoms with E-state index in [-0.39, 0.29) is 63.0 Å². The Hall–Kier alpha value is -3.94. The summed E-state index contributed by atoms with van der Waals surface area (Å²) in [5, 5.41) is 37.0. The first-order chi connectivity index (χ1) is 17.5. The van der Waals surface area contributed by atoms with Crippen LogP contribution < -0.4 is 0 Å². The number of carboxylic acids is 2. The second-order valence-electron chi connectivity index (χ2n) is 7.66. The van der Waals surface area contributed by atoms with Crippen LogP contribution in [0.1, 0.15) is 31.8 Å². The van der Waals surface area contributed by atoms with Crippen LogP contribution >= 0.6 is 0 Å². The van der Waals surface area contributed by atoms with Crippen LogP contribution in [0.25, 0.3) is 23.1 Å². The minimum absolute atomic E-state index is 0. The third-order valence-corrected chi connectivity index (χ3v) is 6.11. The summed E-state index contributed by atoms with van der Waals surface area (Å²) in [5.74, 6) is -2.83. The molecule has 0 bridgehead atoms. The van der Waals surface area contributed by atoms with E-state index < -0.39 is 32.7 Å². The second-order valence-corrected chi connectivity index (χ2v) is 9.05. The van der Waals surface area contributed by atoms with Gasteiger partial charge in [0.2, 0.25) is 0 Å². The Labute approximate surface area is 237 Å². The van der Waals surface area contributed by atoms with Gasteiger partial charge in [0.05, 0.1) is 16.8 Å². The number of nitrogens with zero attached hydrogens (tertiary/aromatic N) is 3. The molecule has 0 aliphatic rings. The molecule has 0 atom stereocenters. The van der Waals surface area contributed by atoms with Crippen molar-refractivity contribution in [3.8, 4) is 5.75 Å². The molecule has 13 heteroatoms. The number of aromatic nitrogens is 1. The van der Waals surface area contributed by atoms with Crippen molar-refractivity contribution < 1.29 is 37.9 Å². The van der Waals surface area contributed by atoms with Gasteiger partial charge < -0.3 is 15.3 Å². The van der Waals surface area contributed by atoms with Crippen molar-refractivity contribution in [1.82, 2.24) is 4.98 Å². The molecule has 0 saturated heterocycles. The normalized spacial score (nSPS) is 11.6. The number of fused-ring (bicyclic) bond motifs is 1. The number of carbonyl (C=O) groups is 2. The number of aromatic carboxylic acids is 2. The molecule has 0 aliphatic carbocycles. The Bertz CT molecular complexity index is 1740. The molecule has 1 heterocycles. The van der Waals surface area contributed by atoms with Crippen LogP contribution in [0.4, 0.5) is 11.4 Å². The van der Waals surface area contributed by atoms with Gasteiger partial charge in [-0.3, -0.25) is 9.54 Å². The van der Waals surface area contributed by atoms with Gasteiger partial charge in [-0.15, -0.1) is 5.11 Å². The van der Waals surface area contributed by atoms with Crippen LogP contribution in [-0.2, 0) is 10.1 Å². The van der Waals surface area contributed by atoms with Gasteiger partial charge in [-0.05, 0) is 53.6 Å². The van der Waals surface area contributed by atoms with Gasteiger partial charge in [0.1, 0.15) is 16.1 Å². The molecule has 3 aromatic carbocycles. The zero-order chi connectivity index (χ0) is 26.7. The van der Waals surface area contributed by atoms with E-state index in [0.29, 0.717) is 11.1 Å². The second kappa shape index (κ2) is 11.6. The molecular formula is C25H17N3NaO8S. The van der Waals surface area contributed by atoms with Crippen molar-refractivity contribution >= 4 is 86.0 Å². The minimum Gasteiger partial charge on any atom is -0.504 e. The Kier molecular flexibility index (Phi) is 8.76. The number of pyridine rings is 1. The van der Waals surface area contributed by atoms with Gasteiger partial charge in [-0.1, -0.05) is 30.4 Å². The molecule has 187 valence electrons. The van der Waals surface area contributed by atoms with Crippen LogP contribution in [0.5, 0.6) is 5.75 Å². The smallest absolute Gasteiger partial charge is 0.336 e. The van der Waals surface area contributed by atoms with Gasteiger partial charge in [-0.2, -0.15) is 13.5 Å². The van der Waals surface area contributed by atoms with Crippen LogP contribution in [0.2, 0.25) is 0 Å². The van der Waals surface area contributed by atoms with Gasteiger partial charge in [-0.25, -0.2) is 9.59 Å². The van der Waals surface area contributed by atoms with E-state index in [4.69, 9.17) is 5.11 Å². The number of azo groups is 1. The predicted molar refractivity (Wildman–Crippen MR) is 139 cm³/mol. The number of rotatable bonds is 7. The van der Waals surface area contributed by atoms with Gasteiger partial charge in [0, 0.05) is 41.1 Å². The van der Waals surface area contributed by atoms with Crippen molar-refractivity contribution in [2.45, 2.75) is 4.90 Å². The van der Waals surface area contributed by atoms with E-state index in [0.717, 1.165) is 6.07 Å². The molecule has 4 N–H and O–H groups in total. The van der Waals surface area contributed by atoms with Crippen LogP contribution in [0.15, 0.2) is 82.0 Å². The summed E-state index contributed by atoms with van der Waals surface area (Å²) < 4.78 is 33.2. The molecule has 1 aromatic heterocycles. The number of aromatic hydroxyl groups is 1. The first-order valence-electron chi connectivity index (χ1n) is 10.4. The van der Waals surface area contributed by atoms with Crippen molar-refractivity contribution in [3.63, 3.8) is 0 Å². The van der Waals surface area contributed by atoms with E-state index in [1.165, 1.54) is 54.7 Å². The molecule has 0 amide bonds. The summed E-state index contributed by atoms with van der Waals surface area (Å²) in [4.78, 5) is 26.4. The van der Waals surface area contributed by atoms with Crippen molar-refractivity contribution in [2.75, 3.05) is 0 Å². The molecule has 11 nitrogen and oxygen atoms in total. The largest absolute Gasteiger partial charge is 0.504 e. The zero-order valence-corrected chi connectivity index (χ0v) is 22.5. The molecule has 38 heavy (non-hydrogen) atoms. The molecule has 0 spiro atoms. The first kappa shape index (κ1) is 28.6. The number of hydrogen-bond acceptors (Lipinski definition) is 8. The van der Waals surface area contributed by atoms with E-state index in [1.807, 2.05) is 0 Å². The predicted octanol–water partition coefficient (Wildman–Crippen LogP) is 4.79. The topological polar surface area (TPSA) is 187 Å². The average molecular weight is 542 g/mol. The third-order valence-electron chi connectivity index (χ3n) is 5.22. The molecule has 4 aromatic rings. The molecule has 0 saturated carbocycles. The fraction of sp³-hybridized carbons (Fsp3) is 0. The van der Waals surface area contributed by atoms with Crippen LogP contribution in [-0.4, -0.2) is 74.8 Å². The maximum atomic E-state index is 11.8. The molecule has 0 unspecified atom stereocenters. The summed E-state index contributed by atoms with van der Waals surface area (Å²) >= 11 is 0. The fourth-order valence-electron chi connectivity index (χ4n) is 3.48. The maximum Gasteiger partial charge on any atom is 0.336 e. The fourth-order valence-corrected chi connectivity index (χ4v) is 4.19. The minimum atomic E-state index is -4.68. The summed E-state index contributed by atoms with van der Waals surface area (Å²) in [6.45, 7) is 0. The van der Waals surface area contributed by atoms with Crippen LogP contribution in [0, 0.1) is 0 Å². The number of phenolic OH excluding ortho intramolecular Hbond substituents is 1.